The van der Waals surface area contributed by atoms with Crippen LogP contribution < -0.4 is 10.6 Å². The quantitative estimate of drug-likeness (QED) is 0.352. The average molecular weight is 403 g/mol. The van der Waals surface area contributed by atoms with E-state index in [0.717, 1.165) is 37.8 Å². The summed E-state index contributed by atoms with van der Waals surface area (Å²) in [7, 11) is 0. The van der Waals surface area contributed by atoms with E-state index in [4.69, 9.17) is 4.74 Å². The van der Waals surface area contributed by atoms with Crippen LogP contribution in [0.5, 0.6) is 0 Å². The van der Waals surface area contributed by atoms with Crippen LogP contribution in [0.15, 0.2) is 30.3 Å². The number of hydrogen-bond acceptors (Lipinski definition) is 4. The number of hydrogen-bond donors (Lipinski definition) is 2. The molecule has 0 heterocycles. The van der Waals surface area contributed by atoms with Crippen molar-refractivity contribution >= 4 is 6.29 Å². The Bertz CT molecular complexity index is 550. The van der Waals surface area contributed by atoms with Crippen LogP contribution in [-0.2, 0) is 9.53 Å². The smallest absolute Gasteiger partial charge is 0.138 e. The molecule has 2 N–H and O–H groups in total. The maximum absolute atomic E-state index is 11.8. The fourth-order valence-corrected chi connectivity index (χ4v) is 4.08. The van der Waals surface area contributed by atoms with Crippen LogP contribution in [0.25, 0.3) is 0 Å². The first-order chi connectivity index (χ1) is 14.0. The summed E-state index contributed by atoms with van der Waals surface area (Å²) in [5.41, 5.74) is 1.08. The van der Waals surface area contributed by atoms with Gasteiger partial charge in [-0.05, 0) is 58.6 Å². The molecule has 1 aliphatic rings. The van der Waals surface area contributed by atoms with Gasteiger partial charge < -0.3 is 20.2 Å². The van der Waals surface area contributed by atoms with Crippen LogP contribution in [0.4, 0.5) is 0 Å². The molecule has 0 saturated heterocycles. The van der Waals surface area contributed by atoms with Gasteiger partial charge in [-0.25, -0.2) is 0 Å². The van der Waals surface area contributed by atoms with E-state index in [0.29, 0.717) is 6.10 Å². The van der Waals surface area contributed by atoms with Gasteiger partial charge in [-0.2, -0.15) is 0 Å². The molecule has 4 nitrogen and oxygen atoms in total. The second-order valence-electron chi connectivity index (χ2n) is 9.44. The van der Waals surface area contributed by atoms with Gasteiger partial charge in [-0.1, -0.05) is 62.4 Å². The Morgan fingerprint density at radius 2 is 1.72 bits per heavy atom. The van der Waals surface area contributed by atoms with Crippen molar-refractivity contribution in [1.29, 1.82) is 0 Å². The van der Waals surface area contributed by atoms with Gasteiger partial charge in [0.25, 0.3) is 0 Å². The number of carbonyl (C=O) groups is 1. The molecule has 1 fully saturated rings. The highest BCUT2D eigenvalue weighted by atomic mass is 16.5. The van der Waals surface area contributed by atoms with E-state index in [1.807, 2.05) is 18.2 Å². The molecule has 29 heavy (non-hydrogen) atoms. The molecule has 164 valence electrons. The zero-order chi connectivity index (χ0) is 21.0. The van der Waals surface area contributed by atoms with Crippen LogP contribution in [0.1, 0.15) is 90.2 Å². The molecule has 0 bridgehead atoms. The molecular weight excluding hydrogens is 360 g/mol. The summed E-state index contributed by atoms with van der Waals surface area (Å²) >= 11 is 0. The third-order valence-electron chi connectivity index (χ3n) is 5.61. The van der Waals surface area contributed by atoms with Crippen molar-refractivity contribution in [2.24, 2.45) is 0 Å². The van der Waals surface area contributed by atoms with E-state index in [1.165, 1.54) is 44.9 Å². The Morgan fingerprint density at radius 1 is 1.03 bits per heavy atom. The molecule has 0 spiro atoms. The Balaban J connectivity index is 1.67. The van der Waals surface area contributed by atoms with Gasteiger partial charge in [-0.15, -0.1) is 0 Å². The van der Waals surface area contributed by atoms with Crippen LogP contribution in [0, 0.1) is 0 Å². The molecular formula is C25H42N2O2. The van der Waals surface area contributed by atoms with Gasteiger partial charge in [0.15, 0.2) is 0 Å². The highest BCUT2D eigenvalue weighted by Gasteiger charge is 2.26. The second-order valence-corrected chi connectivity index (χ2v) is 9.44. The lowest BCUT2D eigenvalue weighted by atomic mass is 9.96. The molecule has 2 rings (SSSR count). The number of nitrogens with one attached hydrogen (secondary N) is 2. The largest absolute Gasteiger partial charge is 0.378 e. The van der Waals surface area contributed by atoms with Crippen molar-refractivity contribution in [3.63, 3.8) is 0 Å². The van der Waals surface area contributed by atoms with Crippen LogP contribution in [-0.4, -0.2) is 37.1 Å². The molecule has 2 atom stereocenters. The van der Waals surface area contributed by atoms with E-state index < -0.39 is 0 Å². The maximum Gasteiger partial charge on any atom is 0.138 e. The van der Waals surface area contributed by atoms with E-state index in [9.17, 15) is 4.79 Å². The molecule has 1 aliphatic carbocycles. The van der Waals surface area contributed by atoms with Gasteiger partial charge in [0.05, 0.1) is 18.2 Å². The molecule has 4 heteroatoms. The van der Waals surface area contributed by atoms with Gasteiger partial charge in [-0.3, -0.25) is 0 Å². The van der Waals surface area contributed by atoms with Crippen molar-refractivity contribution in [3.8, 4) is 0 Å². The normalized spacial score (nSPS) is 17.8. The predicted octanol–water partition coefficient (Wildman–Crippen LogP) is 5.18. The molecule has 1 aromatic carbocycles. The molecule has 0 radical (unpaired) electrons. The zero-order valence-electron chi connectivity index (χ0n) is 18.8. The van der Waals surface area contributed by atoms with Crippen molar-refractivity contribution < 1.29 is 9.53 Å². The van der Waals surface area contributed by atoms with Gasteiger partial charge in [0.2, 0.25) is 0 Å². The lowest BCUT2D eigenvalue weighted by Gasteiger charge is -2.32. The number of unbranched alkanes of at least 4 members (excludes halogenated alkanes) is 3. The summed E-state index contributed by atoms with van der Waals surface area (Å²) in [6.07, 6.45) is 12.7. The summed E-state index contributed by atoms with van der Waals surface area (Å²) in [6.45, 7) is 8.18. The lowest BCUT2D eigenvalue weighted by molar-refractivity contribution is -0.110. The first-order valence-corrected chi connectivity index (χ1v) is 11.6. The number of carbonyl (C=O) groups excluding carboxylic acids is 1. The standard InChI is InChI=1S/C25H42N2O2/c1-25(2,3)27-24(21-14-8-6-9-15-21)23(20-28)26-18-12-4-5-13-19-29-22-16-10-7-11-17-22/h6,8-9,14-15,20,22-24,26-27H,4-5,7,10-13,16-19H2,1-3H3. The Kier molecular flexibility index (Phi) is 10.9. The third kappa shape index (κ3) is 9.88. The van der Waals surface area contributed by atoms with Crippen LogP contribution in [0.2, 0.25) is 0 Å². The SMILES string of the molecule is CC(C)(C)NC(c1ccccc1)C(C=O)NCCCCCCOC1CCCCC1. The van der Waals surface area contributed by atoms with Crippen LogP contribution in [0.3, 0.4) is 0 Å². The monoisotopic (exact) mass is 402 g/mol. The number of ether oxygens (including phenoxy) is 1. The minimum absolute atomic E-state index is 0.0300. The minimum atomic E-state index is -0.230. The Hall–Kier alpha value is -1.23. The van der Waals surface area contributed by atoms with Crippen molar-refractivity contribution in [3.05, 3.63) is 35.9 Å². The predicted molar refractivity (Wildman–Crippen MR) is 121 cm³/mol. The summed E-state index contributed by atoms with van der Waals surface area (Å²) < 4.78 is 6.00. The summed E-state index contributed by atoms with van der Waals surface area (Å²) in [5.74, 6) is 0. The van der Waals surface area contributed by atoms with E-state index >= 15 is 0 Å². The maximum atomic E-state index is 11.8. The molecule has 0 aromatic heterocycles. The van der Waals surface area contributed by atoms with Gasteiger partial charge in [0.1, 0.15) is 6.29 Å². The lowest BCUT2D eigenvalue weighted by Crippen LogP contribution is -2.49. The number of rotatable bonds is 13. The Labute approximate surface area is 178 Å². The molecule has 2 unspecified atom stereocenters. The summed E-state index contributed by atoms with van der Waals surface area (Å²) in [5, 5.41) is 7.08. The highest BCUT2D eigenvalue weighted by Crippen LogP contribution is 2.21. The molecule has 1 saturated carbocycles. The van der Waals surface area contributed by atoms with Gasteiger partial charge >= 0.3 is 0 Å². The summed E-state index contributed by atoms with van der Waals surface area (Å²) in [6, 6.07) is 10.00. The average Bonchev–Trinajstić information content (AvgIpc) is 2.72. The van der Waals surface area contributed by atoms with Crippen molar-refractivity contribution in [1.82, 2.24) is 10.6 Å². The topological polar surface area (TPSA) is 50.4 Å². The third-order valence-corrected chi connectivity index (χ3v) is 5.61. The number of benzene rings is 1. The van der Waals surface area contributed by atoms with Gasteiger partial charge in [0, 0.05) is 12.1 Å². The van der Waals surface area contributed by atoms with Crippen molar-refractivity contribution in [2.45, 2.75) is 102 Å². The minimum Gasteiger partial charge on any atom is -0.378 e. The summed E-state index contributed by atoms with van der Waals surface area (Å²) in [4.78, 5) is 11.8. The molecule has 0 amide bonds. The molecule has 1 aromatic rings. The first kappa shape index (κ1) is 24.0. The highest BCUT2D eigenvalue weighted by molar-refractivity contribution is 5.60. The number of aldehydes is 1. The zero-order valence-corrected chi connectivity index (χ0v) is 18.8. The van der Waals surface area contributed by atoms with Crippen molar-refractivity contribution in [2.75, 3.05) is 13.2 Å². The van der Waals surface area contributed by atoms with E-state index in [1.54, 1.807) is 0 Å². The molecule has 0 aliphatic heterocycles. The van der Waals surface area contributed by atoms with E-state index in [2.05, 4.69) is 43.5 Å². The fourth-order valence-electron chi connectivity index (χ4n) is 4.08. The second kappa shape index (κ2) is 13.1. The first-order valence-electron chi connectivity index (χ1n) is 11.6. The Morgan fingerprint density at radius 3 is 2.38 bits per heavy atom. The van der Waals surface area contributed by atoms with Crippen LogP contribution >= 0.6 is 0 Å². The van der Waals surface area contributed by atoms with E-state index in [-0.39, 0.29) is 17.6 Å². The fraction of sp³-hybridized carbons (Fsp3) is 0.720.